The molecule has 1 amide bonds. The zero-order chi connectivity index (χ0) is 10.2. The Hall–Kier alpha value is -1.06. The first-order chi connectivity index (χ1) is 5.95. The van der Waals surface area contributed by atoms with Gasteiger partial charge in [0.15, 0.2) is 0 Å². The van der Waals surface area contributed by atoms with Gasteiger partial charge in [-0.25, -0.2) is 4.79 Å². The van der Waals surface area contributed by atoms with Crippen molar-refractivity contribution < 1.29 is 14.7 Å². The third kappa shape index (κ3) is 1.66. The average Bonchev–Trinajstić information content (AvgIpc) is 2.26. The van der Waals surface area contributed by atoms with E-state index in [1.807, 2.05) is 6.92 Å². The summed E-state index contributed by atoms with van der Waals surface area (Å²) < 4.78 is 0. The highest BCUT2D eigenvalue weighted by molar-refractivity contribution is 5.81. The van der Waals surface area contributed by atoms with E-state index in [1.165, 1.54) is 11.8 Å². The fraction of sp³-hybridized carbons (Fsp3) is 0.778. The molecule has 13 heavy (non-hydrogen) atoms. The topological polar surface area (TPSA) is 57.6 Å². The molecular weight excluding hydrogens is 170 g/mol. The number of hydrogen-bond donors (Lipinski definition) is 1. The third-order valence-electron chi connectivity index (χ3n) is 2.82. The van der Waals surface area contributed by atoms with Gasteiger partial charge in [0.05, 0.1) is 0 Å². The van der Waals surface area contributed by atoms with E-state index in [1.54, 1.807) is 6.92 Å². The molecule has 3 atom stereocenters. The van der Waals surface area contributed by atoms with Crippen LogP contribution in [0.3, 0.4) is 0 Å². The molecule has 1 rings (SSSR count). The molecule has 0 aromatic carbocycles. The van der Waals surface area contributed by atoms with E-state index in [0.717, 1.165) is 0 Å². The molecule has 74 valence electrons. The summed E-state index contributed by atoms with van der Waals surface area (Å²) in [5, 5.41) is 8.82. The van der Waals surface area contributed by atoms with Gasteiger partial charge >= 0.3 is 6.09 Å². The minimum absolute atomic E-state index is 0.0868. The van der Waals surface area contributed by atoms with Gasteiger partial charge in [0.25, 0.3) is 0 Å². The van der Waals surface area contributed by atoms with E-state index in [4.69, 9.17) is 5.11 Å². The predicted molar refractivity (Wildman–Crippen MR) is 47.5 cm³/mol. The Balaban J connectivity index is 2.81. The van der Waals surface area contributed by atoms with Crippen molar-refractivity contribution in [3.8, 4) is 0 Å². The number of nitrogens with zero attached hydrogens (tertiary/aromatic N) is 1. The molecule has 0 saturated carbocycles. The lowest BCUT2D eigenvalue weighted by molar-refractivity contribution is -0.122. The molecule has 0 radical (unpaired) electrons. The average molecular weight is 185 g/mol. The summed E-state index contributed by atoms with van der Waals surface area (Å²) in [6, 6.07) is -0.176. The number of hydrogen-bond acceptors (Lipinski definition) is 2. The highest BCUT2D eigenvalue weighted by atomic mass is 16.4. The van der Waals surface area contributed by atoms with Crippen LogP contribution < -0.4 is 0 Å². The number of carbonyl (C=O) groups excluding carboxylic acids is 1. The van der Waals surface area contributed by atoms with Crippen LogP contribution in [0.2, 0.25) is 0 Å². The monoisotopic (exact) mass is 185 g/mol. The fourth-order valence-corrected chi connectivity index (χ4v) is 2.25. The summed E-state index contributed by atoms with van der Waals surface area (Å²) in [6.07, 6.45) is -0.928. The number of carboxylic acid groups (broad SMARTS) is 1. The van der Waals surface area contributed by atoms with E-state index in [9.17, 15) is 9.59 Å². The van der Waals surface area contributed by atoms with Gasteiger partial charge < -0.3 is 10.0 Å². The zero-order valence-corrected chi connectivity index (χ0v) is 8.15. The number of amides is 1. The maximum absolute atomic E-state index is 11.2. The van der Waals surface area contributed by atoms with Crippen molar-refractivity contribution in [2.75, 3.05) is 6.54 Å². The van der Waals surface area contributed by atoms with Crippen molar-refractivity contribution in [3.63, 3.8) is 0 Å². The maximum atomic E-state index is 11.2. The second kappa shape index (κ2) is 3.36. The van der Waals surface area contributed by atoms with Crippen LogP contribution in [0.15, 0.2) is 0 Å². The fourth-order valence-electron chi connectivity index (χ4n) is 2.25. The molecule has 0 aromatic heterocycles. The van der Waals surface area contributed by atoms with Crippen LogP contribution in [-0.4, -0.2) is 34.5 Å². The molecular formula is C9H15NO3. The summed E-state index contributed by atoms with van der Waals surface area (Å²) in [5.41, 5.74) is 0. The number of rotatable bonds is 1. The Morgan fingerprint density at radius 2 is 1.92 bits per heavy atom. The van der Waals surface area contributed by atoms with Gasteiger partial charge in [0, 0.05) is 18.5 Å². The molecule has 4 heteroatoms. The van der Waals surface area contributed by atoms with E-state index in [-0.39, 0.29) is 23.7 Å². The van der Waals surface area contributed by atoms with Crippen LogP contribution in [0.1, 0.15) is 20.8 Å². The minimum Gasteiger partial charge on any atom is -0.465 e. The lowest BCUT2D eigenvalue weighted by Crippen LogP contribution is -2.36. The normalized spacial score (nSPS) is 33.5. The standard InChI is InChI=1S/C9H15NO3/c1-5-4-10(9(12)13)6(2)8(5)7(3)11/h5-6,8H,4H2,1-3H3,(H,12,13). The zero-order valence-electron chi connectivity index (χ0n) is 8.15. The highest BCUT2D eigenvalue weighted by Gasteiger charge is 2.41. The molecule has 1 fully saturated rings. The van der Waals surface area contributed by atoms with Gasteiger partial charge in [0.2, 0.25) is 0 Å². The third-order valence-corrected chi connectivity index (χ3v) is 2.82. The molecule has 0 aliphatic carbocycles. The molecule has 1 aliphatic rings. The van der Waals surface area contributed by atoms with Crippen molar-refractivity contribution >= 4 is 11.9 Å². The SMILES string of the molecule is CC(=O)C1C(C)CN(C(=O)O)C1C. The Bertz CT molecular complexity index is 239. The van der Waals surface area contributed by atoms with Crippen molar-refractivity contribution in [2.45, 2.75) is 26.8 Å². The van der Waals surface area contributed by atoms with Crippen molar-refractivity contribution in [2.24, 2.45) is 11.8 Å². The molecule has 0 spiro atoms. The van der Waals surface area contributed by atoms with E-state index in [2.05, 4.69) is 0 Å². The van der Waals surface area contributed by atoms with Gasteiger partial charge in [-0.3, -0.25) is 4.79 Å². The summed E-state index contributed by atoms with van der Waals surface area (Å²) in [5.74, 6) is 0.100. The van der Waals surface area contributed by atoms with Crippen LogP contribution >= 0.6 is 0 Å². The molecule has 3 unspecified atom stereocenters. The number of likely N-dealkylation sites (tertiary alicyclic amines) is 1. The predicted octanol–water partition coefficient (Wildman–Crippen LogP) is 1.21. The number of carbonyl (C=O) groups is 2. The van der Waals surface area contributed by atoms with E-state index in [0.29, 0.717) is 6.54 Å². The number of ketones is 1. The van der Waals surface area contributed by atoms with Crippen molar-refractivity contribution in [1.29, 1.82) is 0 Å². The Labute approximate surface area is 77.5 Å². The van der Waals surface area contributed by atoms with Crippen LogP contribution in [0.5, 0.6) is 0 Å². The molecule has 1 N–H and O–H groups in total. The van der Waals surface area contributed by atoms with Crippen molar-refractivity contribution in [1.82, 2.24) is 4.90 Å². The van der Waals surface area contributed by atoms with Gasteiger partial charge in [-0.2, -0.15) is 0 Å². The lowest BCUT2D eigenvalue weighted by atomic mass is 9.89. The summed E-state index contributed by atoms with van der Waals surface area (Å²) >= 11 is 0. The highest BCUT2D eigenvalue weighted by Crippen LogP contribution is 2.29. The maximum Gasteiger partial charge on any atom is 0.407 e. The van der Waals surface area contributed by atoms with Gasteiger partial charge in [-0.15, -0.1) is 0 Å². The molecule has 0 bridgehead atoms. The van der Waals surface area contributed by atoms with E-state index < -0.39 is 6.09 Å². The minimum atomic E-state index is -0.928. The van der Waals surface area contributed by atoms with Crippen LogP contribution in [0.4, 0.5) is 4.79 Å². The first kappa shape index (κ1) is 10.0. The summed E-state index contributed by atoms with van der Waals surface area (Å²) in [4.78, 5) is 23.3. The molecule has 4 nitrogen and oxygen atoms in total. The summed E-state index contributed by atoms with van der Waals surface area (Å²) in [6.45, 7) is 5.72. The molecule has 1 saturated heterocycles. The second-order valence-electron chi connectivity index (χ2n) is 3.79. The van der Waals surface area contributed by atoms with E-state index >= 15 is 0 Å². The largest absolute Gasteiger partial charge is 0.465 e. The second-order valence-corrected chi connectivity index (χ2v) is 3.79. The Morgan fingerprint density at radius 1 is 1.38 bits per heavy atom. The quantitative estimate of drug-likeness (QED) is 0.668. The first-order valence-electron chi connectivity index (χ1n) is 4.45. The van der Waals surface area contributed by atoms with Crippen LogP contribution in [-0.2, 0) is 4.79 Å². The Kier molecular flexibility index (Phi) is 2.59. The number of Topliss-reactive ketones (excluding diaryl/α,β-unsaturated/α-hetero) is 1. The lowest BCUT2D eigenvalue weighted by Gasteiger charge is -2.20. The smallest absolute Gasteiger partial charge is 0.407 e. The molecule has 1 heterocycles. The Morgan fingerprint density at radius 3 is 2.15 bits per heavy atom. The summed E-state index contributed by atoms with van der Waals surface area (Å²) in [7, 11) is 0. The first-order valence-corrected chi connectivity index (χ1v) is 4.45. The van der Waals surface area contributed by atoms with Crippen LogP contribution in [0, 0.1) is 11.8 Å². The van der Waals surface area contributed by atoms with Gasteiger partial charge in [-0.05, 0) is 19.8 Å². The molecule has 0 aromatic rings. The van der Waals surface area contributed by atoms with Crippen molar-refractivity contribution in [3.05, 3.63) is 0 Å². The molecule has 1 aliphatic heterocycles. The van der Waals surface area contributed by atoms with Gasteiger partial charge in [-0.1, -0.05) is 6.92 Å². The van der Waals surface area contributed by atoms with Crippen LogP contribution in [0.25, 0.3) is 0 Å². The van der Waals surface area contributed by atoms with Gasteiger partial charge in [0.1, 0.15) is 5.78 Å².